The van der Waals surface area contributed by atoms with Crippen molar-refractivity contribution in [2.75, 3.05) is 13.1 Å². The number of pyridine rings is 1. The summed E-state index contributed by atoms with van der Waals surface area (Å²) in [6.45, 7) is 2.34. The molecule has 0 saturated carbocycles. The van der Waals surface area contributed by atoms with E-state index in [4.69, 9.17) is 20.1 Å². The summed E-state index contributed by atoms with van der Waals surface area (Å²) in [6, 6.07) is 13.1. The zero-order chi connectivity index (χ0) is 25.2. The molecule has 2 aliphatic rings. The second-order valence-corrected chi connectivity index (χ2v) is 8.25. The van der Waals surface area contributed by atoms with Crippen LogP contribution >= 0.6 is 0 Å². The summed E-state index contributed by atoms with van der Waals surface area (Å²) in [7, 11) is 0. The molecule has 3 aromatic rings. The molecule has 0 unspecified atom stereocenters. The average Bonchev–Trinajstić information content (AvgIpc) is 3.48. The van der Waals surface area contributed by atoms with Gasteiger partial charge in [-0.05, 0) is 42.7 Å². The third-order valence-corrected chi connectivity index (χ3v) is 6.13. The fourth-order valence-electron chi connectivity index (χ4n) is 4.50. The number of alkyl halides is 3. The number of fused-ring (bicyclic) bond motifs is 3. The predicted octanol–water partition coefficient (Wildman–Crippen LogP) is 3.71. The third-order valence-electron chi connectivity index (χ3n) is 6.13. The summed E-state index contributed by atoms with van der Waals surface area (Å²) in [5, 5.41) is 16.2. The lowest BCUT2D eigenvalue weighted by molar-refractivity contribution is -0.192. The monoisotopic (exact) mass is 483 g/mol. The molecule has 0 bridgehead atoms. The van der Waals surface area contributed by atoms with E-state index in [1.165, 1.54) is 0 Å². The molecule has 4 heterocycles. The van der Waals surface area contributed by atoms with Crippen LogP contribution in [0.3, 0.4) is 0 Å². The van der Waals surface area contributed by atoms with Crippen molar-refractivity contribution in [3.8, 4) is 17.3 Å². The van der Waals surface area contributed by atoms with Gasteiger partial charge >= 0.3 is 12.1 Å². The van der Waals surface area contributed by atoms with E-state index in [1.54, 1.807) is 36.7 Å². The number of hydrogen-bond donors (Lipinski definition) is 1. The number of benzene rings is 1. The van der Waals surface area contributed by atoms with Gasteiger partial charge in [0.2, 0.25) is 0 Å². The molecule has 180 valence electrons. The second kappa shape index (κ2) is 9.58. The molecule has 35 heavy (non-hydrogen) atoms. The van der Waals surface area contributed by atoms with Gasteiger partial charge in [-0.15, -0.1) is 0 Å². The minimum Gasteiger partial charge on any atom is -0.475 e. The van der Waals surface area contributed by atoms with E-state index in [9.17, 15) is 18.0 Å². The van der Waals surface area contributed by atoms with E-state index < -0.39 is 12.1 Å². The van der Waals surface area contributed by atoms with Crippen LogP contribution in [0.25, 0.3) is 11.3 Å². The van der Waals surface area contributed by atoms with Crippen LogP contribution in [-0.2, 0) is 11.3 Å². The Hall–Kier alpha value is -4.20. The summed E-state index contributed by atoms with van der Waals surface area (Å²) in [5.41, 5.74) is 3.33. The van der Waals surface area contributed by atoms with Crippen LogP contribution in [0.1, 0.15) is 34.1 Å². The number of nitriles is 1. The van der Waals surface area contributed by atoms with Crippen molar-refractivity contribution in [1.29, 1.82) is 5.26 Å². The number of carboxylic acid groups (broad SMARTS) is 1. The number of carbonyl (C=O) groups excluding carboxylic acids is 1. The van der Waals surface area contributed by atoms with Gasteiger partial charge in [0.15, 0.2) is 0 Å². The van der Waals surface area contributed by atoms with E-state index >= 15 is 0 Å². The number of carboxylic acids is 1. The van der Waals surface area contributed by atoms with Gasteiger partial charge in [0.25, 0.3) is 5.91 Å². The highest BCUT2D eigenvalue weighted by atomic mass is 19.4. The summed E-state index contributed by atoms with van der Waals surface area (Å²) >= 11 is 0. The van der Waals surface area contributed by atoms with Gasteiger partial charge in [0.1, 0.15) is 5.82 Å². The molecule has 2 aromatic heterocycles. The van der Waals surface area contributed by atoms with Crippen LogP contribution in [-0.4, -0.2) is 55.7 Å². The van der Waals surface area contributed by atoms with E-state index in [0.29, 0.717) is 23.6 Å². The van der Waals surface area contributed by atoms with Gasteiger partial charge in [-0.1, -0.05) is 6.07 Å². The number of halogens is 3. The summed E-state index contributed by atoms with van der Waals surface area (Å²) < 4.78 is 34.0. The molecule has 1 aromatic carbocycles. The lowest BCUT2D eigenvalue weighted by atomic mass is 9.89. The smallest absolute Gasteiger partial charge is 0.475 e. The molecule has 5 rings (SSSR count). The molecule has 8 nitrogen and oxygen atoms in total. The minimum absolute atomic E-state index is 0.000960. The first-order valence-corrected chi connectivity index (χ1v) is 10.7. The normalized spacial score (nSPS) is 18.5. The minimum atomic E-state index is -5.08. The number of amides is 1. The zero-order valence-corrected chi connectivity index (χ0v) is 18.3. The van der Waals surface area contributed by atoms with Crippen molar-refractivity contribution in [3.63, 3.8) is 0 Å². The van der Waals surface area contributed by atoms with Crippen LogP contribution in [0.4, 0.5) is 13.2 Å². The first kappa shape index (κ1) is 23.9. The van der Waals surface area contributed by atoms with Crippen LogP contribution in [0, 0.1) is 17.2 Å². The second-order valence-electron chi connectivity index (χ2n) is 8.25. The van der Waals surface area contributed by atoms with E-state index in [2.05, 4.69) is 15.6 Å². The summed E-state index contributed by atoms with van der Waals surface area (Å²) in [6.07, 6.45) is 1.49. The predicted molar refractivity (Wildman–Crippen MR) is 117 cm³/mol. The van der Waals surface area contributed by atoms with Crippen LogP contribution in [0.15, 0.2) is 55.0 Å². The van der Waals surface area contributed by atoms with Gasteiger partial charge in [0.05, 0.1) is 23.5 Å². The quantitative estimate of drug-likeness (QED) is 0.595. The Morgan fingerprint density at radius 3 is 2.51 bits per heavy atom. The maximum atomic E-state index is 13.0. The molecule has 0 radical (unpaired) electrons. The fraction of sp³-hybridized carbons (Fsp3) is 0.292. The Bertz CT molecular complexity index is 1280. The van der Waals surface area contributed by atoms with E-state index in [-0.39, 0.29) is 11.8 Å². The Morgan fingerprint density at radius 1 is 1.14 bits per heavy atom. The summed E-state index contributed by atoms with van der Waals surface area (Å²) in [4.78, 5) is 32.6. The number of nitrogens with zero attached hydrogens (tertiary/aromatic N) is 5. The van der Waals surface area contributed by atoms with E-state index in [1.807, 2.05) is 23.2 Å². The molecule has 2 atom stereocenters. The highest BCUT2D eigenvalue weighted by Gasteiger charge is 2.41. The Labute approximate surface area is 198 Å². The number of aliphatic carboxylic acids is 1. The van der Waals surface area contributed by atoms with Gasteiger partial charge in [0, 0.05) is 49.1 Å². The molecule has 1 saturated heterocycles. The molecule has 11 heteroatoms. The largest absolute Gasteiger partial charge is 0.490 e. The highest BCUT2D eigenvalue weighted by Crippen LogP contribution is 2.40. The van der Waals surface area contributed by atoms with Gasteiger partial charge in [-0.25, -0.2) is 9.78 Å². The van der Waals surface area contributed by atoms with Crippen molar-refractivity contribution in [2.24, 2.45) is 5.92 Å². The average molecular weight is 483 g/mol. The molecule has 1 amide bonds. The van der Waals surface area contributed by atoms with E-state index in [0.717, 1.165) is 36.6 Å². The van der Waals surface area contributed by atoms with Crippen LogP contribution in [0.5, 0.6) is 0 Å². The number of imidazole rings is 1. The van der Waals surface area contributed by atoms with Gasteiger partial charge in [-0.2, -0.15) is 18.4 Å². The fourth-order valence-corrected chi connectivity index (χ4v) is 4.50. The molecule has 2 aliphatic heterocycles. The van der Waals surface area contributed by atoms with Gasteiger partial charge in [-0.3, -0.25) is 9.78 Å². The standard InChI is InChI=1S/C22H19N5O.C2HF3O2/c23-11-15-2-1-3-17(10-15)22(28)26-13-18-6-9-27-20(16-4-7-24-8-5-16)12-25-21(27)19(18)14-26;3-2(4,5)1(6)7/h1-5,7-8,10,12,18-19H,6,9,13-14H2;(H,6,7)/t18-,19-;/m1./s1. The molecule has 1 N–H and O–H groups in total. The Kier molecular flexibility index (Phi) is 6.55. The number of likely N-dealkylation sites (tertiary alicyclic amines) is 1. The Morgan fingerprint density at radius 2 is 1.86 bits per heavy atom. The topological polar surface area (TPSA) is 112 Å². The van der Waals surface area contributed by atoms with Crippen molar-refractivity contribution in [1.82, 2.24) is 19.4 Å². The molecular formula is C24H20F3N5O3. The Balaban J connectivity index is 0.000000364. The molecule has 1 fully saturated rings. The SMILES string of the molecule is N#Cc1cccc(C(=O)N2C[C@H]3CCn4c(-c5ccncc5)cnc4[C@@H]3C2)c1.O=C(O)C(F)(F)F. The summed E-state index contributed by atoms with van der Waals surface area (Å²) in [5.74, 6) is -0.994. The third kappa shape index (κ3) is 5.01. The van der Waals surface area contributed by atoms with Crippen molar-refractivity contribution >= 4 is 11.9 Å². The first-order chi connectivity index (χ1) is 16.7. The first-order valence-electron chi connectivity index (χ1n) is 10.7. The van der Waals surface area contributed by atoms with Crippen molar-refractivity contribution in [2.45, 2.75) is 25.1 Å². The zero-order valence-electron chi connectivity index (χ0n) is 18.3. The van der Waals surface area contributed by atoms with Crippen molar-refractivity contribution in [3.05, 3.63) is 71.9 Å². The maximum absolute atomic E-state index is 13.0. The molecule has 0 aliphatic carbocycles. The number of aromatic nitrogens is 3. The highest BCUT2D eigenvalue weighted by molar-refractivity contribution is 5.94. The number of carbonyl (C=O) groups is 2. The lowest BCUT2D eigenvalue weighted by Gasteiger charge is -2.26. The molecular weight excluding hydrogens is 463 g/mol. The van der Waals surface area contributed by atoms with Gasteiger partial charge < -0.3 is 14.6 Å². The van der Waals surface area contributed by atoms with Crippen LogP contribution in [0.2, 0.25) is 0 Å². The van der Waals surface area contributed by atoms with Crippen molar-refractivity contribution < 1.29 is 27.9 Å². The number of hydrogen-bond acceptors (Lipinski definition) is 5. The maximum Gasteiger partial charge on any atom is 0.490 e. The van der Waals surface area contributed by atoms with Crippen LogP contribution < -0.4 is 0 Å². The lowest BCUT2D eigenvalue weighted by Crippen LogP contribution is -2.28. The molecule has 0 spiro atoms. The number of rotatable bonds is 2.